The standard InChI is InChI=1S/C22H21F2N5O2/c23-15-9-14(10-16(24)11-15)17-1-2-19-29(17)21(30)22(31-19)3-6-27(7-4-22)20-18-12-25-13-28(18)8-5-26-20/h5,8-13,17,19H,1-4,6-7H2. The molecule has 3 aliphatic heterocycles. The van der Waals surface area contributed by atoms with Gasteiger partial charge in [-0.25, -0.2) is 18.7 Å². The van der Waals surface area contributed by atoms with Crippen molar-refractivity contribution in [3.05, 3.63) is 60.3 Å². The van der Waals surface area contributed by atoms with Crippen molar-refractivity contribution in [2.45, 2.75) is 43.6 Å². The Labute approximate surface area is 177 Å². The van der Waals surface area contributed by atoms with Crippen molar-refractivity contribution >= 4 is 17.2 Å². The van der Waals surface area contributed by atoms with Crippen LogP contribution in [0, 0.1) is 11.6 Å². The summed E-state index contributed by atoms with van der Waals surface area (Å²) < 4.78 is 35.8. The van der Waals surface area contributed by atoms with Crippen molar-refractivity contribution in [2.24, 2.45) is 0 Å². The zero-order valence-corrected chi connectivity index (χ0v) is 16.7. The van der Waals surface area contributed by atoms with Crippen LogP contribution in [0.25, 0.3) is 5.52 Å². The first-order valence-corrected chi connectivity index (χ1v) is 10.5. The highest BCUT2D eigenvalue weighted by Crippen LogP contribution is 2.48. The van der Waals surface area contributed by atoms with Gasteiger partial charge in [-0.3, -0.25) is 4.79 Å². The third-order valence-electron chi connectivity index (χ3n) is 6.78. The highest BCUT2D eigenvalue weighted by Gasteiger charge is 2.58. The third kappa shape index (κ3) is 2.83. The molecule has 0 saturated carbocycles. The Balaban J connectivity index is 1.24. The van der Waals surface area contributed by atoms with Crippen LogP contribution in [0.1, 0.15) is 37.3 Å². The molecule has 3 fully saturated rings. The number of hydrogen-bond acceptors (Lipinski definition) is 5. The van der Waals surface area contributed by atoms with Crippen LogP contribution in [0.15, 0.2) is 43.1 Å². The van der Waals surface area contributed by atoms with E-state index in [9.17, 15) is 13.6 Å². The lowest BCUT2D eigenvalue weighted by Gasteiger charge is -2.38. The number of anilines is 1. The first-order valence-electron chi connectivity index (χ1n) is 10.5. The molecule has 1 amide bonds. The molecule has 0 aliphatic carbocycles. The van der Waals surface area contributed by atoms with Crippen molar-refractivity contribution in [3.8, 4) is 0 Å². The zero-order chi connectivity index (χ0) is 21.2. The number of ether oxygens (including phenoxy) is 1. The normalized spacial score (nSPS) is 25.0. The maximum atomic E-state index is 13.8. The van der Waals surface area contributed by atoms with Crippen molar-refractivity contribution in [1.29, 1.82) is 0 Å². The van der Waals surface area contributed by atoms with Crippen molar-refractivity contribution in [2.75, 3.05) is 18.0 Å². The molecule has 2 unspecified atom stereocenters. The fourth-order valence-electron chi connectivity index (χ4n) is 5.30. The molecule has 160 valence electrons. The molecule has 3 saturated heterocycles. The molecular formula is C22H21F2N5O2. The van der Waals surface area contributed by atoms with Gasteiger partial charge in [0.25, 0.3) is 5.91 Å². The average Bonchev–Trinajstić information content (AvgIpc) is 3.45. The number of imidazole rings is 1. The number of hydrogen-bond donors (Lipinski definition) is 0. The minimum atomic E-state index is -0.878. The minimum absolute atomic E-state index is 0.0696. The predicted molar refractivity (Wildman–Crippen MR) is 107 cm³/mol. The molecule has 2 atom stereocenters. The van der Waals surface area contributed by atoms with Gasteiger partial charge in [0.15, 0.2) is 11.4 Å². The Morgan fingerprint density at radius 2 is 1.87 bits per heavy atom. The van der Waals surface area contributed by atoms with Gasteiger partial charge in [-0.1, -0.05) is 0 Å². The number of piperidine rings is 1. The molecule has 3 aromatic rings. The van der Waals surface area contributed by atoms with Gasteiger partial charge in [0.1, 0.15) is 23.4 Å². The number of fused-ring (bicyclic) bond motifs is 2. The average molecular weight is 425 g/mol. The number of carbonyl (C=O) groups is 1. The number of rotatable bonds is 2. The number of benzene rings is 1. The number of aromatic nitrogens is 3. The van der Waals surface area contributed by atoms with Gasteiger partial charge in [0.2, 0.25) is 0 Å². The van der Waals surface area contributed by atoms with Crippen LogP contribution in [-0.4, -0.2) is 50.1 Å². The maximum absolute atomic E-state index is 13.8. The second-order valence-corrected chi connectivity index (χ2v) is 8.50. The quantitative estimate of drug-likeness (QED) is 0.632. The SMILES string of the molecule is O=C1N2C(CCC2c2cc(F)cc(F)c2)OC12CCN(c1nccn3cncc13)CC2. The summed E-state index contributed by atoms with van der Waals surface area (Å²) in [6.07, 6.45) is 9.15. The highest BCUT2D eigenvalue weighted by atomic mass is 19.1. The molecule has 31 heavy (non-hydrogen) atoms. The summed E-state index contributed by atoms with van der Waals surface area (Å²) in [6, 6.07) is 3.12. The molecule has 7 nitrogen and oxygen atoms in total. The van der Waals surface area contributed by atoms with Crippen LogP contribution in [-0.2, 0) is 9.53 Å². The first-order chi connectivity index (χ1) is 15.0. The molecule has 0 N–H and O–H groups in total. The monoisotopic (exact) mass is 425 g/mol. The largest absolute Gasteiger partial charge is 0.355 e. The lowest BCUT2D eigenvalue weighted by atomic mass is 9.89. The third-order valence-corrected chi connectivity index (χ3v) is 6.78. The smallest absolute Gasteiger partial charge is 0.257 e. The summed E-state index contributed by atoms with van der Waals surface area (Å²) in [5, 5.41) is 0. The molecule has 0 radical (unpaired) electrons. The van der Waals surface area contributed by atoms with E-state index in [2.05, 4.69) is 14.9 Å². The molecule has 1 spiro atoms. The van der Waals surface area contributed by atoms with E-state index in [1.54, 1.807) is 23.6 Å². The molecule has 1 aromatic carbocycles. The van der Waals surface area contributed by atoms with Crippen LogP contribution < -0.4 is 4.90 Å². The van der Waals surface area contributed by atoms with Crippen molar-refractivity contribution in [1.82, 2.24) is 19.3 Å². The van der Waals surface area contributed by atoms with E-state index in [4.69, 9.17) is 4.74 Å². The molecule has 0 bridgehead atoms. The van der Waals surface area contributed by atoms with Gasteiger partial charge in [-0.2, -0.15) is 0 Å². The Morgan fingerprint density at radius 3 is 2.65 bits per heavy atom. The number of carbonyl (C=O) groups excluding carboxylic acids is 1. The van der Waals surface area contributed by atoms with E-state index in [1.165, 1.54) is 12.1 Å². The highest BCUT2D eigenvalue weighted by molar-refractivity contribution is 5.88. The van der Waals surface area contributed by atoms with Gasteiger partial charge < -0.3 is 18.9 Å². The summed E-state index contributed by atoms with van der Waals surface area (Å²) in [7, 11) is 0. The van der Waals surface area contributed by atoms with Gasteiger partial charge in [0.05, 0.1) is 18.6 Å². The van der Waals surface area contributed by atoms with E-state index in [0.29, 0.717) is 44.3 Å². The molecular weight excluding hydrogens is 404 g/mol. The Kier molecular flexibility index (Phi) is 4.05. The Hall–Kier alpha value is -3.07. The van der Waals surface area contributed by atoms with E-state index in [0.717, 1.165) is 17.4 Å². The Bertz CT molecular complexity index is 1150. The number of halogens is 2. The fourth-order valence-corrected chi connectivity index (χ4v) is 5.30. The second kappa shape index (κ2) is 6.71. The summed E-state index contributed by atoms with van der Waals surface area (Å²) >= 11 is 0. The maximum Gasteiger partial charge on any atom is 0.257 e. The van der Waals surface area contributed by atoms with E-state index in [-0.39, 0.29) is 18.2 Å². The van der Waals surface area contributed by atoms with E-state index >= 15 is 0 Å². The van der Waals surface area contributed by atoms with Crippen LogP contribution in [0.2, 0.25) is 0 Å². The van der Waals surface area contributed by atoms with E-state index in [1.807, 2.05) is 10.6 Å². The molecule has 6 rings (SSSR count). The Morgan fingerprint density at radius 1 is 1.10 bits per heavy atom. The molecule has 3 aliphatic rings. The van der Waals surface area contributed by atoms with Gasteiger partial charge in [-0.05, 0) is 30.5 Å². The van der Waals surface area contributed by atoms with Crippen LogP contribution in [0.3, 0.4) is 0 Å². The summed E-state index contributed by atoms with van der Waals surface area (Å²) in [6.45, 7) is 1.26. The molecule has 9 heteroatoms. The topological polar surface area (TPSA) is 63.0 Å². The summed E-state index contributed by atoms with van der Waals surface area (Å²) in [5.41, 5.74) is 0.533. The minimum Gasteiger partial charge on any atom is -0.355 e. The van der Waals surface area contributed by atoms with Gasteiger partial charge >= 0.3 is 0 Å². The van der Waals surface area contributed by atoms with Crippen LogP contribution in [0.5, 0.6) is 0 Å². The second-order valence-electron chi connectivity index (χ2n) is 8.50. The van der Waals surface area contributed by atoms with Gasteiger partial charge in [0, 0.05) is 44.4 Å². The van der Waals surface area contributed by atoms with Gasteiger partial charge in [-0.15, -0.1) is 0 Å². The number of nitrogens with zero attached hydrogens (tertiary/aromatic N) is 5. The van der Waals surface area contributed by atoms with Crippen LogP contribution >= 0.6 is 0 Å². The summed E-state index contributed by atoms with van der Waals surface area (Å²) in [5.74, 6) is -0.486. The number of amides is 1. The van der Waals surface area contributed by atoms with E-state index < -0.39 is 17.2 Å². The van der Waals surface area contributed by atoms with Crippen molar-refractivity contribution in [3.63, 3.8) is 0 Å². The fraction of sp³-hybridized carbons (Fsp3) is 0.409. The molecule has 5 heterocycles. The van der Waals surface area contributed by atoms with Crippen LogP contribution in [0.4, 0.5) is 14.6 Å². The summed E-state index contributed by atoms with van der Waals surface area (Å²) in [4.78, 5) is 26.1. The molecule has 2 aromatic heterocycles. The van der Waals surface area contributed by atoms with Crippen molar-refractivity contribution < 1.29 is 18.3 Å². The lowest BCUT2D eigenvalue weighted by molar-refractivity contribution is -0.140. The zero-order valence-electron chi connectivity index (χ0n) is 16.7. The first kappa shape index (κ1) is 18.7. The predicted octanol–water partition coefficient (Wildman–Crippen LogP) is 3.07. The lowest BCUT2D eigenvalue weighted by Crippen LogP contribution is -2.50.